The van der Waals surface area contributed by atoms with Crippen molar-refractivity contribution in [3.8, 4) is 0 Å². The summed E-state index contributed by atoms with van der Waals surface area (Å²) < 4.78 is 5.46. The maximum absolute atomic E-state index is 12.4. The SMILES string of the molecule is O=C(Nc1ccc(Cl)cc1Cl)[C@@H]1[C@H](C(=O)O)[C@@H]2C=C[C@H]1O2. The van der Waals surface area contributed by atoms with Crippen LogP contribution in [0.1, 0.15) is 0 Å². The van der Waals surface area contributed by atoms with Gasteiger partial charge in [-0.25, -0.2) is 0 Å². The normalized spacial score (nSPS) is 29.6. The molecule has 0 unspecified atom stereocenters. The number of ether oxygens (including phenoxy) is 1. The van der Waals surface area contributed by atoms with E-state index < -0.39 is 35.9 Å². The molecule has 2 aliphatic rings. The third-order valence-electron chi connectivity index (χ3n) is 3.68. The van der Waals surface area contributed by atoms with Gasteiger partial charge in [0.15, 0.2) is 0 Å². The van der Waals surface area contributed by atoms with Gasteiger partial charge in [-0.1, -0.05) is 35.4 Å². The molecule has 4 atom stereocenters. The number of anilines is 1. The largest absolute Gasteiger partial charge is 0.481 e. The van der Waals surface area contributed by atoms with Gasteiger partial charge < -0.3 is 15.2 Å². The van der Waals surface area contributed by atoms with E-state index in [2.05, 4.69) is 5.32 Å². The molecular weight excluding hydrogens is 317 g/mol. The molecule has 1 amide bonds. The fourth-order valence-corrected chi connectivity index (χ4v) is 3.18. The number of nitrogens with one attached hydrogen (secondary N) is 1. The Morgan fingerprint density at radius 3 is 2.43 bits per heavy atom. The first-order chi connectivity index (χ1) is 9.97. The molecule has 1 saturated heterocycles. The zero-order chi connectivity index (χ0) is 15.1. The molecule has 3 rings (SSSR count). The van der Waals surface area contributed by atoms with Crippen molar-refractivity contribution in [1.29, 1.82) is 0 Å². The highest BCUT2D eigenvalue weighted by Crippen LogP contribution is 2.40. The molecule has 0 aliphatic carbocycles. The van der Waals surface area contributed by atoms with Crippen LogP contribution in [0.3, 0.4) is 0 Å². The molecule has 5 nitrogen and oxygen atoms in total. The number of carboxylic acids is 1. The minimum Gasteiger partial charge on any atom is -0.481 e. The molecule has 21 heavy (non-hydrogen) atoms. The summed E-state index contributed by atoms with van der Waals surface area (Å²) in [6.07, 6.45) is 2.34. The molecular formula is C14H11Cl2NO4. The van der Waals surface area contributed by atoms with Gasteiger partial charge in [-0.15, -0.1) is 0 Å². The second-order valence-electron chi connectivity index (χ2n) is 4.95. The van der Waals surface area contributed by atoms with Gasteiger partial charge in [0, 0.05) is 5.02 Å². The van der Waals surface area contributed by atoms with Crippen LogP contribution in [0.25, 0.3) is 0 Å². The fourth-order valence-electron chi connectivity index (χ4n) is 2.72. The molecule has 110 valence electrons. The molecule has 2 bridgehead atoms. The van der Waals surface area contributed by atoms with E-state index in [1.54, 1.807) is 24.3 Å². The van der Waals surface area contributed by atoms with Crippen molar-refractivity contribution in [3.05, 3.63) is 40.4 Å². The number of hydrogen-bond donors (Lipinski definition) is 2. The molecule has 1 aromatic carbocycles. The molecule has 1 aromatic rings. The summed E-state index contributed by atoms with van der Waals surface area (Å²) in [6.45, 7) is 0. The molecule has 1 fully saturated rings. The Hall–Kier alpha value is -1.56. The number of carbonyl (C=O) groups is 2. The van der Waals surface area contributed by atoms with E-state index in [9.17, 15) is 14.7 Å². The number of amides is 1. The Balaban J connectivity index is 1.82. The lowest BCUT2D eigenvalue weighted by Gasteiger charge is -2.21. The Kier molecular flexibility index (Phi) is 3.65. The van der Waals surface area contributed by atoms with Crippen LogP contribution in [-0.4, -0.2) is 29.2 Å². The number of carboxylic acid groups (broad SMARTS) is 1. The van der Waals surface area contributed by atoms with Crippen LogP contribution in [-0.2, 0) is 14.3 Å². The summed E-state index contributed by atoms with van der Waals surface area (Å²) in [5.41, 5.74) is 0.391. The Labute approximate surface area is 130 Å². The fraction of sp³-hybridized carbons (Fsp3) is 0.286. The monoisotopic (exact) mass is 327 g/mol. The number of hydrogen-bond acceptors (Lipinski definition) is 3. The minimum absolute atomic E-state index is 0.294. The first-order valence-electron chi connectivity index (χ1n) is 6.30. The minimum atomic E-state index is -1.05. The third kappa shape index (κ3) is 2.52. The number of benzene rings is 1. The summed E-state index contributed by atoms with van der Waals surface area (Å²) in [5.74, 6) is -3.13. The van der Waals surface area contributed by atoms with E-state index in [1.165, 1.54) is 6.07 Å². The lowest BCUT2D eigenvalue weighted by atomic mass is 9.82. The van der Waals surface area contributed by atoms with Gasteiger partial charge >= 0.3 is 5.97 Å². The van der Waals surface area contributed by atoms with Crippen molar-refractivity contribution >= 4 is 40.8 Å². The van der Waals surface area contributed by atoms with Crippen LogP contribution in [0.5, 0.6) is 0 Å². The Morgan fingerprint density at radius 2 is 1.81 bits per heavy atom. The summed E-state index contributed by atoms with van der Waals surface area (Å²) in [7, 11) is 0. The lowest BCUT2D eigenvalue weighted by Crippen LogP contribution is -2.39. The summed E-state index contributed by atoms with van der Waals surface area (Å²) in [6, 6.07) is 4.67. The van der Waals surface area contributed by atoms with Crippen molar-refractivity contribution in [2.75, 3.05) is 5.32 Å². The average molecular weight is 328 g/mol. The Morgan fingerprint density at radius 1 is 1.14 bits per heavy atom. The van der Waals surface area contributed by atoms with Crippen LogP contribution < -0.4 is 5.32 Å². The molecule has 2 N–H and O–H groups in total. The number of fused-ring (bicyclic) bond motifs is 2. The van der Waals surface area contributed by atoms with Crippen molar-refractivity contribution in [3.63, 3.8) is 0 Å². The third-order valence-corrected chi connectivity index (χ3v) is 4.22. The van der Waals surface area contributed by atoms with Crippen LogP contribution in [0.15, 0.2) is 30.4 Å². The summed E-state index contributed by atoms with van der Waals surface area (Å²) in [4.78, 5) is 23.7. The van der Waals surface area contributed by atoms with Crippen LogP contribution in [0.4, 0.5) is 5.69 Å². The van der Waals surface area contributed by atoms with Crippen LogP contribution >= 0.6 is 23.2 Å². The maximum Gasteiger partial charge on any atom is 0.310 e. The highest BCUT2D eigenvalue weighted by Gasteiger charge is 2.53. The van der Waals surface area contributed by atoms with E-state index in [0.29, 0.717) is 15.7 Å². The highest BCUT2D eigenvalue weighted by atomic mass is 35.5. The van der Waals surface area contributed by atoms with Gasteiger partial charge in [-0.2, -0.15) is 0 Å². The average Bonchev–Trinajstić information content (AvgIpc) is 3.02. The quantitative estimate of drug-likeness (QED) is 0.836. The second kappa shape index (κ2) is 5.33. The standard InChI is InChI=1S/C14H11Cl2NO4/c15-6-1-2-8(7(16)5-6)17-13(18)11-9-3-4-10(21-9)12(11)14(19)20/h1-5,9-12H,(H,17,18)(H,19,20)/t9-,10+,11+,12-/m1/s1. The van der Waals surface area contributed by atoms with Crippen LogP contribution in [0.2, 0.25) is 10.0 Å². The number of carbonyl (C=O) groups excluding carboxylic acids is 1. The molecule has 0 radical (unpaired) electrons. The van der Waals surface area contributed by atoms with Gasteiger partial charge in [0.2, 0.25) is 5.91 Å². The van der Waals surface area contributed by atoms with Crippen molar-refractivity contribution < 1.29 is 19.4 Å². The van der Waals surface area contributed by atoms with E-state index in [4.69, 9.17) is 27.9 Å². The molecule has 2 aliphatic heterocycles. The van der Waals surface area contributed by atoms with E-state index >= 15 is 0 Å². The second-order valence-corrected chi connectivity index (χ2v) is 5.80. The zero-order valence-corrected chi connectivity index (χ0v) is 12.1. The summed E-state index contributed by atoms with van der Waals surface area (Å²) in [5, 5.41) is 12.7. The van der Waals surface area contributed by atoms with Gasteiger partial charge in [-0.05, 0) is 18.2 Å². The van der Waals surface area contributed by atoms with Gasteiger partial charge in [0.05, 0.1) is 28.8 Å². The molecule has 0 spiro atoms. The summed E-state index contributed by atoms with van der Waals surface area (Å²) >= 11 is 11.8. The van der Waals surface area contributed by atoms with Crippen molar-refractivity contribution in [2.24, 2.45) is 11.8 Å². The molecule has 0 saturated carbocycles. The predicted octanol–water partition coefficient (Wildman–Crippen LogP) is 2.59. The highest BCUT2D eigenvalue weighted by molar-refractivity contribution is 6.36. The van der Waals surface area contributed by atoms with Crippen molar-refractivity contribution in [2.45, 2.75) is 12.2 Å². The maximum atomic E-state index is 12.4. The number of rotatable bonds is 3. The lowest BCUT2D eigenvalue weighted by molar-refractivity contribution is -0.145. The molecule has 0 aromatic heterocycles. The molecule has 2 heterocycles. The number of aliphatic carboxylic acids is 1. The topological polar surface area (TPSA) is 75.6 Å². The van der Waals surface area contributed by atoms with E-state index in [1.807, 2.05) is 0 Å². The van der Waals surface area contributed by atoms with Gasteiger partial charge in [0.1, 0.15) is 5.92 Å². The van der Waals surface area contributed by atoms with E-state index in [0.717, 1.165) is 0 Å². The molecule has 7 heteroatoms. The van der Waals surface area contributed by atoms with E-state index in [-0.39, 0.29) is 0 Å². The first-order valence-corrected chi connectivity index (χ1v) is 7.05. The smallest absolute Gasteiger partial charge is 0.310 e. The van der Waals surface area contributed by atoms with Gasteiger partial charge in [-0.3, -0.25) is 9.59 Å². The predicted molar refractivity (Wildman–Crippen MR) is 77.5 cm³/mol. The van der Waals surface area contributed by atoms with Crippen molar-refractivity contribution in [1.82, 2.24) is 0 Å². The zero-order valence-electron chi connectivity index (χ0n) is 10.6. The first kappa shape index (κ1) is 14.4. The van der Waals surface area contributed by atoms with Gasteiger partial charge in [0.25, 0.3) is 0 Å². The number of halogens is 2. The Bertz CT molecular complexity index is 646. The van der Waals surface area contributed by atoms with Crippen LogP contribution in [0, 0.1) is 11.8 Å².